The largest absolute Gasteiger partial charge is 0.493 e. The van der Waals surface area contributed by atoms with Crippen molar-refractivity contribution in [1.82, 2.24) is 15.1 Å². The molecule has 3 rings (SSSR count). The molecule has 2 N–H and O–H groups in total. The van der Waals surface area contributed by atoms with Crippen LogP contribution in [0.5, 0.6) is 11.5 Å². The molecule has 0 bridgehead atoms. The molecule has 1 atom stereocenters. The van der Waals surface area contributed by atoms with Crippen molar-refractivity contribution in [3.05, 3.63) is 23.8 Å². The minimum atomic E-state index is -0.674. The van der Waals surface area contributed by atoms with Crippen LogP contribution in [0.4, 0.5) is 0 Å². The lowest BCUT2D eigenvalue weighted by molar-refractivity contribution is -0.124. The lowest BCUT2D eigenvalue weighted by Crippen LogP contribution is -2.50. The third-order valence-corrected chi connectivity index (χ3v) is 5.52. The van der Waals surface area contributed by atoms with Gasteiger partial charge in [-0.05, 0) is 30.5 Å². The first-order chi connectivity index (χ1) is 14.1. The van der Waals surface area contributed by atoms with Crippen molar-refractivity contribution >= 4 is 5.91 Å². The highest BCUT2D eigenvalue weighted by atomic mass is 16.5. The summed E-state index contributed by atoms with van der Waals surface area (Å²) >= 11 is 0. The van der Waals surface area contributed by atoms with Crippen LogP contribution < -0.4 is 14.8 Å². The third-order valence-electron chi connectivity index (χ3n) is 5.52. The summed E-state index contributed by atoms with van der Waals surface area (Å²) in [4.78, 5) is 15.8. The van der Waals surface area contributed by atoms with Gasteiger partial charge in [-0.1, -0.05) is 6.07 Å². The van der Waals surface area contributed by atoms with Gasteiger partial charge in [-0.15, -0.1) is 0 Å². The molecule has 2 aliphatic heterocycles. The number of β-amino-alcohol motifs (C(OH)–C–C–N with tert-alkyl or cyclic N) is 1. The van der Waals surface area contributed by atoms with Crippen molar-refractivity contribution in [2.24, 2.45) is 0 Å². The monoisotopic (exact) mass is 407 g/mol. The highest BCUT2D eigenvalue weighted by molar-refractivity contribution is 5.78. The minimum Gasteiger partial charge on any atom is -0.493 e. The predicted octanol–water partition coefficient (Wildman–Crippen LogP) is 0.478. The summed E-state index contributed by atoms with van der Waals surface area (Å²) in [5.41, 5.74) is 1.17. The molecule has 2 fully saturated rings. The highest BCUT2D eigenvalue weighted by Gasteiger charge is 2.21. The van der Waals surface area contributed by atoms with Gasteiger partial charge in [0, 0.05) is 46.4 Å². The number of methoxy groups -OCH3 is 2. The molecule has 1 aromatic rings. The van der Waals surface area contributed by atoms with E-state index in [9.17, 15) is 9.90 Å². The number of hydrogen-bond acceptors (Lipinski definition) is 7. The molecule has 2 saturated heterocycles. The first-order valence-electron chi connectivity index (χ1n) is 10.3. The van der Waals surface area contributed by atoms with Gasteiger partial charge in [0.15, 0.2) is 11.5 Å². The number of aliphatic hydroxyl groups excluding tert-OH is 1. The van der Waals surface area contributed by atoms with Crippen LogP contribution in [0.1, 0.15) is 18.4 Å². The van der Waals surface area contributed by atoms with E-state index in [1.807, 2.05) is 23.1 Å². The second kappa shape index (κ2) is 10.8. The number of amides is 1. The van der Waals surface area contributed by atoms with E-state index in [1.54, 1.807) is 14.2 Å². The number of carbonyl (C=O) groups is 1. The maximum atomic E-state index is 11.4. The van der Waals surface area contributed by atoms with Gasteiger partial charge < -0.3 is 24.6 Å². The van der Waals surface area contributed by atoms with Crippen LogP contribution in [0.15, 0.2) is 18.2 Å². The Kier molecular flexibility index (Phi) is 8.11. The number of ether oxygens (including phenoxy) is 3. The van der Waals surface area contributed by atoms with Crippen molar-refractivity contribution in [3.63, 3.8) is 0 Å². The molecular formula is C21H33N3O5. The summed E-state index contributed by atoms with van der Waals surface area (Å²) < 4.78 is 16.7. The number of benzene rings is 1. The molecule has 162 valence electrons. The molecule has 0 saturated carbocycles. The average molecular weight is 408 g/mol. The van der Waals surface area contributed by atoms with Crippen LogP contribution in [-0.4, -0.2) is 93.1 Å². The standard InChI is InChI=1S/C21H33N3O5/c1-27-18-5-8-23(9-6-18)12-16-3-4-19(20(11-16)28-2)29-15-17(25)13-24-10-7-22-21(26)14-24/h3-4,11,17-18,25H,5-10,12-15H2,1-2H3,(H,22,26). The molecule has 0 spiro atoms. The summed E-state index contributed by atoms with van der Waals surface area (Å²) in [5.74, 6) is 1.27. The molecule has 8 nitrogen and oxygen atoms in total. The molecule has 2 aliphatic rings. The van der Waals surface area contributed by atoms with E-state index in [0.717, 1.165) is 39.0 Å². The van der Waals surface area contributed by atoms with Crippen LogP contribution in [0, 0.1) is 0 Å². The molecule has 1 amide bonds. The van der Waals surface area contributed by atoms with Crippen LogP contribution in [0.3, 0.4) is 0 Å². The van der Waals surface area contributed by atoms with E-state index < -0.39 is 6.10 Å². The zero-order valence-electron chi connectivity index (χ0n) is 17.4. The molecule has 1 aromatic carbocycles. The number of rotatable bonds is 9. The van der Waals surface area contributed by atoms with Crippen molar-refractivity contribution in [2.75, 3.05) is 60.1 Å². The smallest absolute Gasteiger partial charge is 0.234 e. The zero-order chi connectivity index (χ0) is 20.6. The normalized spacial score (nSPS) is 20.3. The number of nitrogens with one attached hydrogen (secondary N) is 1. The Morgan fingerprint density at radius 1 is 1.17 bits per heavy atom. The number of carbonyl (C=O) groups excluding carboxylic acids is 1. The summed E-state index contributed by atoms with van der Waals surface area (Å²) in [5, 5.41) is 13.0. The van der Waals surface area contributed by atoms with E-state index in [2.05, 4.69) is 10.2 Å². The lowest BCUT2D eigenvalue weighted by atomic mass is 10.1. The number of nitrogens with zero attached hydrogens (tertiary/aromatic N) is 2. The van der Waals surface area contributed by atoms with Crippen LogP contribution >= 0.6 is 0 Å². The Morgan fingerprint density at radius 3 is 2.66 bits per heavy atom. The topological polar surface area (TPSA) is 83.5 Å². The van der Waals surface area contributed by atoms with Crippen molar-refractivity contribution < 1.29 is 24.1 Å². The second-order valence-electron chi connectivity index (χ2n) is 7.75. The summed E-state index contributed by atoms with van der Waals surface area (Å²) in [7, 11) is 3.41. The Balaban J connectivity index is 1.49. The fraction of sp³-hybridized carbons (Fsp3) is 0.667. The molecule has 0 aliphatic carbocycles. The van der Waals surface area contributed by atoms with Crippen molar-refractivity contribution in [3.8, 4) is 11.5 Å². The van der Waals surface area contributed by atoms with Crippen molar-refractivity contribution in [2.45, 2.75) is 31.6 Å². The Bertz CT molecular complexity index is 664. The first kappa shape index (κ1) is 21.8. The van der Waals surface area contributed by atoms with E-state index in [1.165, 1.54) is 5.56 Å². The zero-order valence-corrected chi connectivity index (χ0v) is 17.4. The maximum Gasteiger partial charge on any atom is 0.234 e. The fourth-order valence-corrected chi connectivity index (χ4v) is 3.87. The number of likely N-dealkylation sites (tertiary alicyclic amines) is 1. The molecule has 29 heavy (non-hydrogen) atoms. The maximum absolute atomic E-state index is 11.4. The number of hydrogen-bond donors (Lipinski definition) is 2. The number of aliphatic hydroxyl groups is 1. The average Bonchev–Trinajstić information content (AvgIpc) is 2.73. The van der Waals surface area contributed by atoms with Gasteiger partial charge in [0.2, 0.25) is 5.91 Å². The summed E-state index contributed by atoms with van der Waals surface area (Å²) in [6.07, 6.45) is 1.83. The van der Waals surface area contributed by atoms with Gasteiger partial charge in [-0.3, -0.25) is 14.6 Å². The van der Waals surface area contributed by atoms with E-state index in [0.29, 0.717) is 37.2 Å². The SMILES string of the molecule is COc1cc(CN2CCC(OC)CC2)ccc1OCC(O)CN1CCNC(=O)C1. The van der Waals surface area contributed by atoms with Gasteiger partial charge >= 0.3 is 0 Å². The number of piperidine rings is 1. The van der Waals surface area contributed by atoms with E-state index in [-0.39, 0.29) is 12.5 Å². The van der Waals surface area contributed by atoms with Gasteiger partial charge in [-0.25, -0.2) is 0 Å². The third kappa shape index (κ3) is 6.57. The van der Waals surface area contributed by atoms with Gasteiger partial charge in [0.1, 0.15) is 12.7 Å². The lowest BCUT2D eigenvalue weighted by Gasteiger charge is -2.31. The molecule has 0 radical (unpaired) electrons. The molecule has 8 heteroatoms. The summed E-state index contributed by atoms with van der Waals surface area (Å²) in [6, 6.07) is 5.94. The van der Waals surface area contributed by atoms with Gasteiger partial charge in [0.05, 0.1) is 19.8 Å². The molecule has 1 unspecified atom stereocenters. The minimum absolute atomic E-state index is 0.00641. The number of piperazine rings is 1. The van der Waals surface area contributed by atoms with E-state index in [4.69, 9.17) is 14.2 Å². The second-order valence-corrected chi connectivity index (χ2v) is 7.75. The van der Waals surface area contributed by atoms with Crippen LogP contribution in [-0.2, 0) is 16.1 Å². The van der Waals surface area contributed by atoms with Crippen LogP contribution in [0.25, 0.3) is 0 Å². The highest BCUT2D eigenvalue weighted by Crippen LogP contribution is 2.29. The van der Waals surface area contributed by atoms with Gasteiger partial charge in [0.25, 0.3) is 0 Å². The molecule has 0 aromatic heterocycles. The predicted molar refractivity (Wildman–Crippen MR) is 109 cm³/mol. The quantitative estimate of drug-likeness (QED) is 0.616. The van der Waals surface area contributed by atoms with E-state index >= 15 is 0 Å². The Morgan fingerprint density at radius 2 is 1.97 bits per heavy atom. The Hall–Kier alpha value is -1.87. The van der Waals surface area contributed by atoms with Crippen molar-refractivity contribution in [1.29, 1.82) is 0 Å². The molecular weight excluding hydrogens is 374 g/mol. The Labute approximate surface area is 172 Å². The summed E-state index contributed by atoms with van der Waals surface area (Å²) in [6.45, 7) is 5.15. The first-order valence-corrected chi connectivity index (χ1v) is 10.3. The van der Waals surface area contributed by atoms with Gasteiger partial charge in [-0.2, -0.15) is 0 Å². The fourth-order valence-electron chi connectivity index (χ4n) is 3.87. The molecule has 2 heterocycles. The van der Waals surface area contributed by atoms with Crippen LogP contribution in [0.2, 0.25) is 0 Å².